The molecule has 0 aliphatic heterocycles. The molecule has 5 heteroatoms. The maximum Gasteiger partial charge on any atom is 0.401 e. The van der Waals surface area contributed by atoms with Crippen LogP contribution >= 0.6 is 0 Å². The Labute approximate surface area is 99.2 Å². The highest BCUT2D eigenvalue weighted by Crippen LogP contribution is 2.18. The van der Waals surface area contributed by atoms with Crippen molar-refractivity contribution in [2.45, 2.75) is 26.2 Å². The lowest BCUT2D eigenvalue weighted by Gasteiger charge is -2.19. The third kappa shape index (κ3) is 4.75. The van der Waals surface area contributed by atoms with Crippen molar-refractivity contribution < 1.29 is 13.2 Å². The van der Waals surface area contributed by atoms with Crippen LogP contribution in [0.5, 0.6) is 0 Å². The van der Waals surface area contributed by atoms with Gasteiger partial charge in [-0.25, -0.2) is 0 Å². The Bertz CT molecular complexity index is 375. The molecule has 0 aliphatic rings. The second-order valence-corrected chi connectivity index (χ2v) is 4.25. The van der Waals surface area contributed by atoms with Gasteiger partial charge in [-0.1, -0.05) is 18.2 Å². The van der Waals surface area contributed by atoms with Crippen molar-refractivity contribution >= 4 is 0 Å². The summed E-state index contributed by atoms with van der Waals surface area (Å²) in [4.78, 5) is 1.25. The van der Waals surface area contributed by atoms with Crippen molar-refractivity contribution in [1.29, 1.82) is 0 Å². The van der Waals surface area contributed by atoms with Crippen LogP contribution in [0.15, 0.2) is 18.2 Å². The van der Waals surface area contributed by atoms with Crippen LogP contribution in [0.25, 0.3) is 0 Å². The van der Waals surface area contributed by atoms with Gasteiger partial charge in [0.25, 0.3) is 0 Å². The SMILES string of the molecule is Cc1cc(CN)ccc1CN(C)CC(F)(F)F. The van der Waals surface area contributed by atoms with Crippen molar-refractivity contribution in [3.05, 3.63) is 34.9 Å². The topological polar surface area (TPSA) is 29.3 Å². The molecule has 17 heavy (non-hydrogen) atoms. The van der Waals surface area contributed by atoms with Gasteiger partial charge in [-0.3, -0.25) is 4.90 Å². The summed E-state index contributed by atoms with van der Waals surface area (Å²) in [6.07, 6.45) is -4.15. The maximum atomic E-state index is 12.2. The molecule has 0 saturated heterocycles. The third-order valence-electron chi connectivity index (χ3n) is 2.53. The van der Waals surface area contributed by atoms with Gasteiger partial charge in [0.05, 0.1) is 6.54 Å². The molecule has 0 radical (unpaired) electrons. The predicted molar refractivity (Wildman–Crippen MR) is 61.5 cm³/mol. The van der Waals surface area contributed by atoms with Gasteiger partial charge >= 0.3 is 6.18 Å². The van der Waals surface area contributed by atoms with Crippen LogP contribution in [0.1, 0.15) is 16.7 Å². The van der Waals surface area contributed by atoms with E-state index >= 15 is 0 Å². The quantitative estimate of drug-likeness (QED) is 0.884. The molecule has 0 aliphatic carbocycles. The van der Waals surface area contributed by atoms with Gasteiger partial charge in [0.1, 0.15) is 0 Å². The van der Waals surface area contributed by atoms with Crippen molar-refractivity contribution in [1.82, 2.24) is 4.90 Å². The minimum atomic E-state index is -4.15. The number of aryl methyl sites for hydroxylation is 1. The van der Waals surface area contributed by atoms with Gasteiger partial charge in [0, 0.05) is 13.1 Å². The minimum Gasteiger partial charge on any atom is -0.326 e. The zero-order valence-electron chi connectivity index (χ0n) is 10.0. The van der Waals surface area contributed by atoms with Crippen molar-refractivity contribution in [3.63, 3.8) is 0 Å². The molecule has 0 fully saturated rings. The van der Waals surface area contributed by atoms with Crippen LogP contribution in [0.4, 0.5) is 13.2 Å². The molecule has 96 valence electrons. The molecule has 1 rings (SSSR count). The van der Waals surface area contributed by atoms with Gasteiger partial charge in [-0.2, -0.15) is 13.2 Å². The van der Waals surface area contributed by atoms with E-state index in [-0.39, 0.29) is 6.54 Å². The van der Waals surface area contributed by atoms with E-state index < -0.39 is 12.7 Å². The van der Waals surface area contributed by atoms with Crippen LogP contribution in [0.3, 0.4) is 0 Å². The lowest BCUT2D eigenvalue weighted by Crippen LogP contribution is -2.30. The largest absolute Gasteiger partial charge is 0.401 e. The highest BCUT2D eigenvalue weighted by atomic mass is 19.4. The van der Waals surface area contributed by atoms with E-state index in [0.717, 1.165) is 16.7 Å². The normalized spacial score (nSPS) is 12.2. The summed E-state index contributed by atoms with van der Waals surface area (Å²) < 4.78 is 36.5. The summed E-state index contributed by atoms with van der Waals surface area (Å²) in [6.45, 7) is 1.72. The van der Waals surface area contributed by atoms with Gasteiger partial charge in [0.2, 0.25) is 0 Å². The van der Waals surface area contributed by atoms with Crippen LogP contribution in [0, 0.1) is 6.92 Å². The molecule has 0 spiro atoms. The molecule has 0 heterocycles. The average Bonchev–Trinajstić information content (AvgIpc) is 2.18. The first kappa shape index (κ1) is 14.0. The third-order valence-corrected chi connectivity index (χ3v) is 2.53. The Hall–Kier alpha value is -1.07. The second-order valence-electron chi connectivity index (χ2n) is 4.25. The number of nitrogens with two attached hydrogens (primary N) is 1. The van der Waals surface area contributed by atoms with E-state index in [9.17, 15) is 13.2 Å². The zero-order chi connectivity index (χ0) is 13.1. The summed E-state index contributed by atoms with van der Waals surface area (Å²) in [5.41, 5.74) is 8.36. The lowest BCUT2D eigenvalue weighted by atomic mass is 10.0. The van der Waals surface area contributed by atoms with Crippen LogP contribution in [-0.4, -0.2) is 24.7 Å². The summed E-state index contributed by atoms with van der Waals surface area (Å²) in [7, 11) is 1.46. The molecule has 2 N–H and O–H groups in total. The Morgan fingerprint density at radius 3 is 2.41 bits per heavy atom. The molecular formula is C12H17F3N2. The number of nitrogens with zero attached hydrogens (tertiary/aromatic N) is 1. The standard InChI is InChI=1S/C12H17F3N2/c1-9-5-10(6-16)3-4-11(9)7-17(2)8-12(13,14)15/h3-5H,6-8,16H2,1-2H3. The molecule has 1 aromatic rings. The summed E-state index contributed by atoms with van der Waals surface area (Å²) in [6, 6.07) is 5.60. The molecule has 1 aromatic carbocycles. The Balaban J connectivity index is 2.68. The molecule has 0 unspecified atom stereocenters. The molecule has 0 saturated carbocycles. The summed E-state index contributed by atoms with van der Waals surface area (Å²) in [5, 5.41) is 0. The fourth-order valence-electron chi connectivity index (χ4n) is 1.72. The van der Waals surface area contributed by atoms with Crippen molar-refractivity contribution in [2.75, 3.05) is 13.6 Å². The van der Waals surface area contributed by atoms with E-state index in [1.807, 2.05) is 25.1 Å². The molecule has 2 nitrogen and oxygen atoms in total. The maximum absolute atomic E-state index is 12.2. The minimum absolute atomic E-state index is 0.288. The molecule has 0 aromatic heterocycles. The number of alkyl halides is 3. The Kier molecular flexibility index (Phi) is 4.54. The summed E-state index contributed by atoms with van der Waals surface area (Å²) >= 11 is 0. The first-order valence-corrected chi connectivity index (χ1v) is 5.35. The molecule has 0 amide bonds. The van der Waals surface area contributed by atoms with Gasteiger partial charge < -0.3 is 5.73 Å². The van der Waals surface area contributed by atoms with E-state index in [1.165, 1.54) is 11.9 Å². The second kappa shape index (κ2) is 5.51. The predicted octanol–water partition coefficient (Wildman–Crippen LogP) is 2.45. The molecule has 0 atom stereocenters. The van der Waals surface area contributed by atoms with Crippen molar-refractivity contribution in [2.24, 2.45) is 5.73 Å². The summed E-state index contributed by atoms with van der Waals surface area (Å²) in [5.74, 6) is 0. The number of halogens is 3. The van der Waals surface area contributed by atoms with Gasteiger partial charge in [-0.15, -0.1) is 0 Å². The van der Waals surface area contributed by atoms with Crippen LogP contribution in [0.2, 0.25) is 0 Å². The smallest absolute Gasteiger partial charge is 0.326 e. The Morgan fingerprint density at radius 1 is 1.29 bits per heavy atom. The molecular weight excluding hydrogens is 229 g/mol. The number of benzene rings is 1. The first-order valence-electron chi connectivity index (χ1n) is 5.35. The highest BCUT2D eigenvalue weighted by molar-refractivity contribution is 5.30. The average molecular weight is 246 g/mol. The van der Waals surface area contributed by atoms with Gasteiger partial charge in [-0.05, 0) is 30.7 Å². The first-order chi connectivity index (χ1) is 7.81. The van der Waals surface area contributed by atoms with Crippen LogP contribution < -0.4 is 5.73 Å². The van der Waals surface area contributed by atoms with E-state index in [1.54, 1.807) is 0 Å². The lowest BCUT2D eigenvalue weighted by molar-refractivity contribution is -0.144. The monoisotopic (exact) mass is 246 g/mol. The Morgan fingerprint density at radius 2 is 1.94 bits per heavy atom. The van der Waals surface area contributed by atoms with Crippen LogP contribution in [-0.2, 0) is 13.1 Å². The zero-order valence-corrected chi connectivity index (χ0v) is 10.0. The molecule has 0 bridgehead atoms. The van der Waals surface area contributed by atoms with E-state index in [2.05, 4.69) is 0 Å². The van der Waals surface area contributed by atoms with Crippen molar-refractivity contribution in [3.8, 4) is 0 Å². The number of hydrogen-bond acceptors (Lipinski definition) is 2. The highest BCUT2D eigenvalue weighted by Gasteiger charge is 2.29. The van der Waals surface area contributed by atoms with Gasteiger partial charge in [0.15, 0.2) is 0 Å². The number of rotatable bonds is 4. The number of hydrogen-bond donors (Lipinski definition) is 1. The van der Waals surface area contributed by atoms with E-state index in [0.29, 0.717) is 6.54 Å². The fourth-order valence-corrected chi connectivity index (χ4v) is 1.72. The van der Waals surface area contributed by atoms with E-state index in [4.69, 9.17) is 5.73 Å². The fraction of sp³-hybridized carbons (Fsp3) is 0.500.